The molecule has 2 heterocycles. The van der Waals surface area contributed by atoms with E-state index in [-0.39, 0.29) is 6.01 Å². The fourth-order valence-corrected chi connectivity index (χ4v) is 1.48. The number of aryl methyl sites for hydroxylation is 1. The lowest BCUT2D eigenvalue weighted by atomic mass is 10.4. The molecule has 1 N–H and O–H groups in total. The summed E-state index contributed by atoms with van der Waals surface area (Å²) >= 11 is 5.96. The maximum absolute atomic E-state index is 5.96. The topological polar surface area (TPSA) is 73.1 Å². The molecule has 0 fully saturated rings. The van der Waals surface area contributed by atoms with Gasteiger partial charge in [0, 0.05) is 6.42 Å². The first-order chi connectivity index (χ1) is 8.72. The molecular formula is C11H13ClN4O2. The van der Waals surface area contributed by atoms with Crippen LogP contribution in [0, 0.1) is 0 Å². The summed E-state index contributed by atoms with van der Waals surface area (Å²) in [6.07, 6.45) is 4.00. The average molecular weight is 269 g/mol. The Morgan fingerprint density at radius 3 is 2.89 bits per heavy atom. The van der Waals surface area contributed by atoms with Crippen molar-refractivity contribution >= 4 is 17.4 Å². The zero-order valence-electron chi connectivity index (χ0n) is 10.1. The van der Waals surface area contributed by atoms with E-state index < -0.39 is 0 Å². The van der Waals surface area contributed by atoms with Crippen molar-refractivity contribution in [1.29, 1.82) is 0 Å². The molecule has 0 aliphatic rings. The molecule has 2 rings (SSSR count). The van der Waals surface area contributed by atoms with Crippen LogP contribution in [-0.4, -0.2) is 22.1 Å². The predicted molar refractivity (Wildman–Crippen MR) is 66.8 cm³/mol. The highest BCUT2D eigenvalue weighted by Gasteiger charge is 2.07. The van der Waals surface area contributed by atoms with Crippen LogP contribution in [-0.2, 0) is 13.0 Å². The monoisotopic (exact) mass is 268 g/mol. The molecule has 0 saturated heterocycles. The largest absolute Gasteiger partial charge is 0.467 e. The molecular weight excluding hydrogens is 256 g/mol. The number of methoxy groups -OCH3 is 1. The number of aromatic nitrogens is 3. The van der Waals surface area contributed by atoms with Crippen molar-refractivity contribution in [2.45, 2.75) is 19.9 Å². The van der Waals surface area contributed by atoms with Gasteiger partial charge in [-0.3, -0.25) is 0 Å². The Morgan fingerprint density at radius 1 is 1.39 bits per heavy atom. The standard InChI is InChI=1S/C11H13ClN4O2/c1-3-7-4-13-9(18-7)6-14-10-8(12)5-15-11(16-10)17-2/h4-5H,3,6H2,1-2H3,(H,14,15,16). The third-order valence-corrected chi connectivity index (χ3v) is 2.54. The Balaban J connectivity index is 2.05. The second kappa shape index (κ2) is 5.68. The maximum atomic E-state index is 5.96. The van der Waals surface area contributed by atoms with Crippen molar-refractivity contribution in [2.75, 3.05) is 12.4 Å². The van der Waals surface area contributed by atoms with E-state index in [1.165, 1.54) is 13.3 Å². The molecule has 96 valence electrons. The third kappa shape index (κ3) is 2.89. The van der Waals surface area contributed by atoms with Crippen LogP contribution in [0.1, 0.15) is 18.6 Å². The lowest BCUT2D eigenvalue weighted by Gasteiger charge is -2.06. The van der Waals surface area contributed by atoms with Gasteiger partial charge in [0.1, 0.15) is 10.8 Å². The Labute approximate surface area is 109 Å². The molecule has 6 nitrogen and oxygen atoms in total. The molecule has 0 aromatic carbocycles. The molecule has 0 aliphatic carbocycles. The van der Waals surface area contributed by atoms with Crippen LogP contribution >= 0.6 is 11.6 Å². The average Bonchev–Trinajstić information content (AvgIpc) is 2.86. The SMILES string of the molecule is CCc1cnc(CNc2nc(OC)ncc2Cl)o1. The summed E-state index contributed by atoms with van der Waals surface area (Å²) < 4.78 is 10.4. The molecule has 0 unspecified atom stereocenters. The molecule has 0 aliphatic heterocycles. The van der Waals surface area contributed by atoms with Gasteiger partial charge in [0.05, 0.1) is 26.0 Å². The van der Waals surface area contributed by atoms with Gasteiger partial charge in [0.2, 0.25) is 5.89 Å². The Kier molecular flexibility index (Phi) is 3.99. The van der Waals surface area contributed by atoms with Gasteiger partial charge in [-0.2, -0.15) is 4.98 Å². The van der Waals surface area contributed by atoms with E-state index in [1.54, 1.807) is 6.20 Å². The maximum Gasteiger partial charge on any atom is 0.318 e. The molecule has 0 saturated carbocycles. The van der Waals surface area contributed by atoms with Gasteiger partial charge in [0.25, 0.3) is 0 Å². The highest BCUT2D eigenvalue weighted by molar-refractivity contribution is 6.32. The number of nitrogens with zero attached hydrogens (tertiary/aromatic N) is 3. The van der Waals surface area contributed by atoms with Crippen LogP contribution in [0.4, 0.5) is 5.82 Å². The molecule has 0 atom stereocenters. The van der Waals surface area contributed by atoms with E-state index in [9.17, 15) is 0 Å². The number of halogens is 1. The van der Waals surface area contributed by atoms with Gasteiger partial charge in [0.15, 0.2) is 5.82 Å². The number of anilines is 1. The Hall–Kier alpha value is -1.82. The van der Waals surface area contributed by atoms with Crippen molar-refractivity contribution in [1.82, 2.24) is 15.0 Å². The van der Waals surface area contributed by atoms with Crippen LogP contribution in [0.2, 0.25) is 5.02 Å². The van der Waals surface area contributed by atoms with Gasteiger partial charge in [-0.1, -0.05) is 18.5 Å². The number of hydrogen-bond acceptors (Lipinski definition) is 6. The number of ether oxygens (including phenoxy) is 1. The van der Waals surface area contributed by atoms with E-state index in [4.69, 9.17) is 20.8 Å². The van der Waals surface area contributed by atoms with Crippen LogP contribution in [0.3, 0.4) is 0 Å². The van der Waals surface area contributed by atoms with Crippen molar-refractivity contribution in [3.63, 3.8) is 0 Å². The lowest BCUT2D eigenvalue weighted by molar-refractivity contribution is 0.380. The van der Waals surface area contributed by atoms with E-state index in [0.717, 1.165) is 12.2 Å². The zero-order chi connectivity index (χ0) is 13.0. The smallest absolute Gasteiger partial charge is 0.318 e. The first kappa shape index (κ1) is 12.6. The summed E-state index contributed by atoms with van der Waals surface area (Å²) in [5.74, 6) is 1.92. The van der Waals surface area contributed by atoms with Crippen LogP contribution in [0.25, 0.3) is 0 Å². The fraction of sp³-hybridized carbons (Fsp3) is 0.364. The second-order valence-corrected chi connectivity index (χ2v) is 3.89. The number of rotatable bonds is 5. The minimum atomic E-state index is 0.253. The normalized spacial score (nSPS) is 10.4. The highest BCUT2D eigenvalue weighted by Crippen LogP contribution is 2.20. The van der Waals surface area contributed by atoms with Gasteiger partial charge in [-0.25, -0.2) is 9.97 Å². The fourth-order valence-electron chi connectivity index (χ4n) is 1.33. The third-order valence-electron chi connectivity index (χ3n) is 2.26. The van der Waals surface area contributed by atoms with E-state index >= 15 is 0 Å². The van der Waals surface area contributed by atoms with Gasteiger partial charge in [-0.15, -0.1) is 0 Å². The summed E-state index contributed by atoms with van der Waals surface area (Å²) in [5.41, 5.74) is 0. The number of hydrogen-bond donors (Lipinski definition) is 1. The van der Waals surface area contributed by atoms with Gasteiger partial charge >= 0.3 is 6.01 Å². The minimum Gasteiger partial charge on any atom is -0.467 e. The predicted octanol–water partition coefficient (Wildman–Crippen LogP) is 2.30. The quantitative estimate of drug-likeness (QED) is 0.897. The van der Waals surface area contributed by atoms with Crippen molar-refractivity contribution in [3.05, 3.63) is 29.1 Å². The molecule has 0 radical (unpaired) electrons. The molecule has 0 bridgehead atoms. The van der Waals surface area contributed by atoms with Crippen molar-refractivity contribution in [3.8, 4) is 6.01 Å². The van der Waals surface area contributed by atoms with Crippen LogP contribution < -0.4 is 10.1 Å². The summed E-state index contributed by atoms with van der Waals surface area (Å²) in [5, 5.41) is 3.44. The summed E-state index contributed by atoms with van der Waals surface area (Å²) in [6.45, 7) is 2.41. The molecule has 18 heavy (non-hydrogen) atoms. The molecule has 7 heteroatoms. The zero-order valence-corrected chi connectivity index (χ0v) is 10.9. The lowest BCUT2D eigenvalue weighted by Crippen LogP contribution is -2.04. The summed E-state index contributed by atoms with van der Waals surface area (Å²) in [7, 11) is 1.49. The van der Waals surface area contributed by atoms with Crippen molar-refractivity contribution < 1.29 is 9.15 Å². The molecule has 2 aromatic heterocycles. The van der Waals surface area contributed by atoms with Crippen molar-refractivity contribution in [2.24, 2.45) is 0 Å². The first-order valence-electron chi connectivity index (χ1n) is 5.47. The summed E-state index contributed by atoms with van der Waals surface area (Å²) in [6, 6.07) is 0.253. The van der Waals surface area contributed by atoms with Gasteiger partial charge < -0.3 is 14.5 Å². The highest BCUT2D eigenvalue weighted by atomic mass is 35.5. The van der Waals surface area contributed by atoms with Crippen LogP contribution in [0.15, 0.2) is 16.8 Å². The summed E-state index contributed by atoms with van der Waals surface area (Å²) in [4.78, 5) is 12.1. The number of oxazole rings is 1. The van der Waals surface area contributed by atoms with Gasteiger partial charge in [-0.05, 0) is 0 Å². The van der Waals surface area contributed by atoms with E-state index in [1.807, 2.05) is 6.92 Å². The Bertz CT molecular complexity index is 530. The van der Waals surface area contributed by atoms with E-state index in [0.29, 0.717) is 23.3 Å². The molecule has 0 amide bonds. The first-order valence-corrected chi connectivity index (χ1v) is 5.84. The Morgan fingerprint density at radius 2 is 2.22 bits per heavy atom. The van der Waals surface area contributed by atoms with E-state index in [2.05, 4.69) is 20.3 Å². The van der Waals surface area contributed by atoms with Crippen LogP contribution in [0.5, 0.6) is 6.01 Å². The number of nitrogens with one attached hydrogen (secondary N) is 1. The second-order valence-electron chi connectivity index (χ2n) is 3.48. The molecule has 0 spiro atoms. The molecule has 2 aromatic rings. The minimum absolute atomic E-state index is 0.253.